The smallest absolute Gasteiger partial charge is 0.387 e. The van der Waals surface area contributed by atoms with Crippen molar-refractivity contribution in [3.63, 3.8) is 0 Å². The summed E-state index contributed by atoms with van der Waals surface area (Å²) in [6, 6.07) is 9.69. The second-order valence-electron chi connectivity index (χ2n) is 5.26. The number of hydrogen-bond donors (Lipinski definition) is 2. The van der Waals surface area contributed by atoms with Gasteiger partial charge in [0.25, 0.3) is 0 Å². The Morgan fingerprint density at radius 1 is 1.07 bits per heavy atom. The molecule has 0 spiro atoms. The molecule has 0 aliphatic rings. The number of halogens is 4. The molecule has 146 valence electrons. The van der Waals surface area contributed by atoms with E-state index in [4.69, 9.17) is 4.74 Å². The summed E-state index contributed by atoms with van der Waals surface area (Å²) in [7, 11) is 1.55. The number of aliphatic imine (C=N–C) groups is 1. The van der Waals surface area contributed by atoms with Crippen LogP contribution in [0.5, 0.6) is 11.5 Å². The Morgan fingerprint density at radius 3 is 2.56 bits per heavy atom. The standard InChI is InChI=1S/C18H19F4N3O2/c1-23-18(24-8-9-26-13-6-7-14(19)15(20)10-13)25-11-12-4-2-3-5-16(12)27-17(21)22/h2-7,10,17H,8-9,11H2,1H3,(H2,23,24,25). The fraction of sp³-hybridized carbons (Fsp3) is 0.278. The lowest BCUT2D eigenvalue weighted by Gasteiger charge is -2.14. The lowest BCUT2D eigenvalue weighted by Crippen LogP contribution is -2.39. The van der Waals surface area contributed by atoms with E-state index in [1.54, 1.807) is 25.2 Å². The molecule has 0 saturated carbocycles. The van der Waals surface area contributed by atoms with Crippen LogP contribution >= 0.6 is 0 Å². The summed E-state index contributed by atoms with van der Waals surface area (Å²) in [6.07, 6.45) is 0. The van der Waals surface area contributed by atoms with Crippen LogP contribution in [0.4, 0.5) is 17.6 Å². The van der Waals surface area contributed by atoms with E-state index in [-0.39, 0.29) is 24.7 Å². The highest BCUT2D eigenvalue weighted by Crippen LogP contribution is 2.20. The van der Waals surface area contributed by atoms with Gasteiger partial charge < -0.3 is 20.1 Å². The van der Waals surface area contributed by atoms with Gasteiger partial charge in [-0.25, -0.2) is 8.78 Å². The van der Waals surface area contributed by atoms with Gasteiger partial charge in [0.05, 0.1) is 6.54 Å². The van der Waals surface area contributed by atoms with E-state index in [0.717, 1.165) is 12.1 Å². The van der Waals surface area contributed by atoms with Crippen LogP contribution in [-0.4, -0.2) is 32.8 Å². The molecule has 2 rings (SSSR count). The Balaban J connectivity index is 1.78. The molecule has 0 fully saturated rings. The first-order valence-corrected chi connectivity index (χ1v) is 8.04. The Hall–Kier alpha value is -2.97. The van der Waals surface area contributed by atoms with Crippen LogP contribution < -0.4 is 20.1 Å². The molecule has 0 saturated heterocycles. The molecule has 0 amide bonds. The summed E-state index contributed by atoms with van der Waals surface area (Å²) in [4.78, 5) is 4.00. The quantitative estimate of drug-likeness (QED) is 0.317. The van der Waals surface area contributed by atoms with Crippen LogP contribution in [0.25, 0.3) is 0 Å². The molecule has 0 aromatic heterocycles. The highest BCUT2D eigenvalue weighted by atomic mass is 19.3. The summed E-state index contributed by atoms with van der Waals surface area (Å²) < 4.78 is 60.5. The second kappa shape index (κ2) is 10.2. The zero-order chi connectivity index (χ0) is 19.6. The molecule has 0 atom stereocenters. The van der Waals surface area contributed by atoms with Crippen molar-refractivity contribution in [2.75, 3.05) is 20.2 Å². The highest BCUT2D eigenvalue weighted by Gasteiger charge is 2.09. The zero-order valence-corrected chi connectivity index (χ0v) is 14.5. The van der Waals surface area contributed by atoms with Gasteiger partial charge in [0.1, 0.15) is 18.1 Å². The molecule has 2 N–H and O–H groups in total. The molecule has 0 radical (unpaired) electrons. The molecule has 5 nitrogen and oxygen atoms in total. The van der Waals surface area contributed by atoms with E-state index in [0.29, 0.717) is 18.1 Å². The Bertz CT molecular complexity index is 772. The van der Waals surface area contributed by atoms with Crippen molar-refractivity contribution in [2.24, 2.45) is 4.99 Å². The van der Waals surface area contributed by atoms with Gasteiger partial charge >= 0.3 is 6.61 Å². The largest absolute Gasteiger partial charge is 0.492 e. The Kier molecular flexibility index (Phi) is 7.72. The lowest BCUT2D eigenvalue weighted by molar-refractivity contribution is -0.0504. The van der Waals surface area contributed by atoms with Gasteiger partial charge in [0.15, 0.2) is 17.6 Å². The summed E-state index contributed by atoms with van der Waals surface area (Å²) in [5.74, 6) is -1.23. The minimum atomic E-state index is -2.91. The molecule has 0 heterocycles. The first kappa shape index (κ1) is 20.3. The van der Waals surface area contributed by atoms with E-state index >= 15 is 0 Å². The predicted molar refractivity (Wildman–Crippen MR) is 93.1 cm³/mol. The highest BCUT2D eigenvalue weighted by molar-refractivity contribution is 5.79. The molecular weight excluding hydrogens is 366 g/mol. The molecule has 2 aromatic rings. The zero-order valence-electron chi connectivity index (χ0n) is 14.5. The molecule has 0 aliphatic carbocycles. The molecule has 27 heavy (non-hydrogen) atoms. The fourth-order valence-electron chi connectivity index (χ4n) is 2.17. The minimum Gasteiger partial charge on any atom is -0.492 e. The fourth-order valence-corrected chi connectivity index (χ4v) is 2.17. The number of ether oxygens (including phenoxy) is 2. The van der Waals surface area contributed by atoms with Gasteiger partial charge in [0.2, 0.25) is 0 Å². The van der Waals surface area contributed by atoms with Crippen molar-refractivity contribution < 1.29 is 27.0 Å². The molecule has 0 aliphatic heterocycles. The van der Waals surface area contributed by atoms with E-state index in [2.05, 4.69) is 20.4 Å². The van der Waals surface area contributed by atoms with Crippen molar-refractivity contribution in [2.45, 2.75) is 13.2 Å². The van der Waals surface area contributed by atoms with Gasteiger partial charge in [-0.05, 0) is 18.2 Å². The summed E-state index contributed by atoms with van der Waals surface area (Å²) in [5.41, 5.74) is 0.541. The van der Waals surface area contributed by atoms with Crippen molar-refractivity contribution in [1.29, 1.82) is 0 Å². The van der Waals surface area contributed by atoms with Gasteiger partial charge in [-0.15, -0.1) is 0 Å². The van der Waals surface area contributed by atoms with Gasteiger partial charge in [-0.3, -0.25) is 4.99 Å². The average Bonchev–Trinajstić information content (AvgIpc) is 2.64. The van der Waals surface area contributed by atoms with E-state index in [1.165, 1.54) is 12.1 Å². The predicted octanol–water partition coefficient (Wildman–Crippen LogP) is 3.31. The van der Waals surface area contributed by atoms with Crippen LogP contribution in [0, 0.1) is 11.6 Å². The number of alkyl halides is 2. The normalized spacial score (nSPS) is 11.4. The van der Waals surface area contributed by atoms with Gasteiger partial charge in [0, 0.05) is 25.2 Å². The third-order valence-electron chi connectivity index (χ3n) is 3.41. The number of para-hydroxylation sites is 1. The Morgan fingerprint density at radius 2 is 1.85 bits per heavy atom. The summed E-state index contributed by atoms with van der Waals surface area (Å²) in [6.45, 7) is -2.19. The summed E-state index contributed by atoms with van der Waals surface area (Å²) >= 11 is 0. The van der Waals surface area contributed by atoms with E-state index in [9.17, 15) is 17.6 Å². The summed E-state index contributed by atoms with van der Waals surface area (Å²) in [5, 5.41) is 5.92. The SMILES string of the molecule is CN=C(NCCOc1ccc(F)c(F)c1)NCc1ccccc1OC(F)F. The maximum absolute atomic E-state index is 13.1. The van der Waals surface area contributed by atoms with Gasteiger partial charge in [-0.2, -0.15) is 8.78 Å². The molecule has 0 unspecified atom stereocenters. The monoisotopic (exact) mass is 385 g/mol. The van der Waals surface area contributed by atoms with Crippen LogP contribution in [0.3, 0.4) is 0 Å². The van der Waals surface area contributed by atoms with Crippen LogP contribution in [0.15, 0.2) is 47.5 Å². The van der Waals surface area contributed by atoms with E-state index in [1.807, 2.05) is 0 Å². The third kappa shape index (κ3) is 6.69. The second-order valence-corrected chi connectivity index (χ2v) is 5.26. The van der Waals surface area contributed by atoms with E-state index < -0.39 is 18.2 Å². The van der Waals surface area contributed by atoms with Gasteiger partial charge in [-0.1, -0.05) is 18.2 Å². The van der Waals surface area contributed by atoms with Crippen molar-refractivity contribution >= 4 is 5.96 Å². The third-order valence-corrected chi connectivity index (χ3v) is 3.41. The topological polar surface area (TPSA) is 54.9 Å². The molecule has 0 bridgehead atoms. The number of rotatable bonds is 8. The number of nitrogens with one attached hydrogen (secondary N) is 2. The van der Waals surface area contributed by atoms with Crippen LogP contribution in [0.1, 0.15) is 5.56 Å². The molecule has 2 aromatic carbocycles. The lowest BCUT2D eigenvalue weighted by atomic mass is 10.2. The maximum Gasteiger partial charge on any atom is 0.387 e. The first-order chi connectivity index (χ1) is 13.0. The van der Waals surface area contributed by atoms with Crippen LogP contribution in [0.2, 0.25) is 0 Å². The van der Waals surface area contributed by atoms with Crippen molar-refractivity contribution in [3.8, 4) is 11.5 Å². The number of hydrogen-bond acceptors (Lipinski definition) is 3. The Labute approximate surface area is 154 Å². The maximum atomic E-state index is 13.1. The first-order valence-electron chi connectivity index (χ1n) is 8.04. The minimum absolute atomic E-state index is 0.0807. The van der Waals surface area contributed by atoms with Crippen LogP contribution in [-0.2, 0) is 6.54 Å². The average molecular weight is 385 g/mol. The number of guanidine groups is 1. The molecule has 9 heteroatoms. The molecular formula is C18H19F4N3O2. The van der Waals surface area contributed by atoms with Crippen molar-refractivity contribution in [3.05, 3.63) is 59.7 Å². The number of nitrogens with zero attached hydrogens (tertiary/aromatic N) is 1. The van der Waals surface area contributed by atoms with Crippen molar-refractivity contribution in [1.82, 2.24) is 10.6 Å². The number of benzene rings is 2.